The van der Waals surface area contributed by atoms with Crippen LogP contribution >= 0.6 is 0 Å². The molecule has 2 fully saturated rings. The van der Waals surface area contributed by atoms with Crippen molar-refractivity contribution in [2.24, 2.45) is 11.8 Å². The zero-order chi connectivity index (χ0) is 28.3. The first-order chi connectivity index (χ1) is 18.5. The van der Waals surface area contributed by atoms with Crippen LogP contribution in [0.2, 0.25) is 0 Å². The number of hydrogen-bond acceptors (Lipinski definition) is 6. The monoisotopic (exact) mass is 555 g/mol. The van der Waals surface area contributed by atoms with Crippen LogP contribution in [0, 0.1) is 17.7 Å². The topological polar surface area (TPSA) is 109 Å². The summed E-state index contributed by atoms with van der Waals surface area (Å²) >= 11 is 0. The Morgan fingerprint density at radius 3 is 2.51 bits per heavy atom. The number of H-pyrrole nitrogens is 1. The second-order valence-electron chi connectivity index (χ2n) is 10.3. The molecule has 3 heterocycles. The molecular formula is C26H33F4N5O4. The second kappa shape index (κ2) is 11.9. The molecule has 1 aliphatic carbocycles. The van der Waals surface area contributed by atoms with Gasteiger partial charge in [-0.25, -0.2) is 9.37 Å². The quantitative estimate of drug-likeness (QED) is 0.498. The Hall–Kier alpha value is -3.22. The van der Waals surface area contributed by atoms with Crippen LogP contribution in [0.1, 0.15) is 55.9 Å². The molecule has 0 spiro atoms. The summed E-state index contributed by atoms with van der Waals surface area (Å²) in [5.74, 6) is -2.73. The van der Waals surface area contributed by atoms with Crippen LogP contribution in [0.5, 0.6) is 5.88 Å². The van der Waals surface area contributed by atoms with Crippen molar-refractivity contribution in [2.45, 2.75) is 69.8 Å². The number of aromatic amines is 1. The number of pyridine rings is 1. The van der Waals surface area contributed by atoms with E-state index in [2.05, 4.69) is 20.5 Å². The maximum Gasteiger partial charge on any atom is 0.391 e. The van der Waals surface area contributed by atoms with Crippen LogP contribution in [0.3, 0.4) is 0 Å². The Bertz CT molecular complexity index is 1170. The van der Waals surface area contributed by atoms with Gasteiger partial charge in [0.1, 0.15) is 5.69 Å². The fraction of sp³-hybridized carbons (Fsp3) is 0.615. The third kappa shape index (κ3) is 6.51. The van der Waals surface area contributed by atoms with E-state index in [9.17, 15) is 27.2 Å². The molecule has 39 heavy (non-hydrogen) atoms. The lowest BCUT2D eigenvalue weighted by Crippen LogP contribution is -2.55. The van der Waals surface area contributed by atoms with Crippen LogP contribution in [-0.2, 0) is 9.53 Å². The molecule has 0 aromatic carbocycles. The SMILES string of the molecule is COCC1CC(C(=O)NC2CCC(C(F)(F)F)CC2)CC(C)N1C(=O)c1cc(-c2cc(OC)ncc2F)n[nH]1. The molecule has 1 aliphatic heterocycles. The summed E-state index contributed by atoms with van der Waals surface area (Å²) in [6.45, 7) is 2.02. The Morgan fingerprint density at radius 2 is 1.87 bits per heavy atom. The number of amides is 2. The maximum absolute atomic E-state index is 14.4. The number of likely N-dealkylation sites (tertiary alicyclic amines) is 1. The second-order valence-corrected chi connectivity index (χ2v) is 10.3. The summed E-state index contributed by atoms with van der Waals surface area (Å²) in [6.07, 6.45) is -1.88. The number of hydrogen-bond donors (Lipinski definition) is 2. The van der Waals surface area contributed by atoms with Gasteiger partial charge in [0.05, 0.1) is 37.6 Å². The summed E-state index contributed by atoms with van der Waals surface area (Å²) in [7, 11) is 2.91. The largest absolute Gasteiger partial charge is 0.481 e. The number of nitrogens with zero attached hydrogens (tertiary/aromatic N) is 3. The third-order valence-corrected chi connectivity index (χ3v) is 7.67. The molecule has 4 rings (SSSR count). The highest BCUT2D eigenvalue weighted by Gasteiger charge is 2.43. The summed E-state index contributed by atoms with van der Waals surface area (Å²) in [6, 6.07) is 1.78. The number of piperidine rings is 1. The van der Waals surface area contributed by atoms with Crippen LogP contribution in [0.25, 0.3) is 11.3 Å². The molecule has 214 valence electrons. The van der Waals surface area contributed by atoms with E-state index < -0.39 is 29.9 Å². The molecule has 1 saturated heterocycles. The number of alkyl halides is 3. The van der Waals surface area contributed by atoms with Gasteiger partial charge in [-0.1, -0.05) is 0 Å². The highest BCUT2D eigenvalue weighted by Crippen LogP contribution is 2.38. The predicted octanol–water partition coefficient (Wildman–Crippen LogP) is 4.11. The lowest BCUT2D eigenvalue weighted by atomic mass is 9.83. The minimum absolute atomic E-state index is 0.00639. The molecule has 2 aliphatic rings. The highest BCUT2D eigenvalue weighted by molar-refractivity contribution is 5.94. The van der Waals surface area contributed by atoms with Gasteiger partial charge in [-0.2, -0.15) is 18.3 Å². The minimum Gasteiger partial charge on any atom is -0.481 e. The van der Waals surface area contributed by atoms with Crippen LogP contribution in [0.15, 0.2) is 18.3 Å². The van der Waals surface area contributed by atoms with Gasteiger partial charge in [0.2, 0.25) is 11.8 Å². The number of nitrogens with one attached hydrogen (secondary N) is 2. The first kappa shape index (κ1) is 28.8. The van der Waals surface area contributed by atoms with Crippen molar-refractivity contribution in [3.8, 4) is 17.1 Å². The normalized spacial score (nSPS) is 25.8. The molecule has 2 amide bonds. The summed E-state index contributed by atoms with van der Waals surface area (Å²) in [5, 5.41) is 9.72. The van der Waals surface area contributed by atoms with Crippen LogP contribution in [0.4, 0.5) is 17.6 Å². The van der Waals surface area contributed by atoms with Gasteiger partial charge in [-0.3, -0.25) is 14.7 Å². The molecule has 1 saturated carbocycles. The molecule has 2 N–H and O–H groups in total. The van der Waals surface area contributed by atoms with Crippen molar-refractivity contribution in [2.75, 3.05) is 20.8 Å². The average molecular weight is 556 g/mol. The Morgan fingerprint density at radius 1 is 1.15 bits per heavy atom. The van der Waals surface area contributed by atoms with Crippen molar-refractivity contribution in [1.82, 2.24) is 25.4 Å². The van der Waals surface area contributed by atoms with E-state index in [1.54, 1.807) is 4.90 Å². The first-order valence-corrected chi connectivity index (χ1v) is 13.0. The standard InChI is InChI=1S/C26H33F4N5O4/c1-14-8-15(24(36)32-17-6-4-16(5-7-17)26(28,29)30)9-18(13-38-2)35(14)25(37)22-11-21(33-34-22)19-10-23(39-3)31-12-20(19)27/h10-12,14-18H,4-9,13H2,1-3H3,(H,32,36)(H,33,34). The van der Waals surface area contributed by atoms with E-state index in [1.165, 1.54) is 26.4 Å². The number of aromatic nitrogens is 3. The smallest absolute Gasteiger partial charge is 0.391 e. The molecule has 2 aromatic rings. The minimum atomic E-state index is -4.20. The van der Waals surface area contributed by atoms with Gasteiger partial charge in [-0.15, -0.1) is 0 Å². The van der Waals surface area contributed by atoms with Crippen molar-refractivity contribution in [3.63, 3.8) is 0 Å². The summed E-state index contributed by atoms with van der Waals surface area (Å²) < 4.78 is 63.7. The van der Waals surface area contributed by atoms with Crippen molar-refractivity contribution >= 4 is 11.8 Å². The average Bonchev–Trinajstić information content (AvgIpc) is 3.38. The molecule has 2 aromatic heterocycles. The number of rotatable bonds is 7. The lowest BCUT2D eigenvalue weighted by Gasteiger charge is -2.43. The Labute approximate surface area is 223 Å². The molecule has 3 atom stereocenters. The molecule has 0 bridgehead atoms. The van der Waals surface area contributed by atoms with Crippen molar-refractivity contribution < 1.29 is 36.6 Å². The van der Waals surface area contributed by atoms with E-state index in [0.29, 0.717) is 12.8 Å². The summed E-state index contributed by atoms with van der Waals surface area (Å²) in [5.41, 5.74) is 0.484. The van der Waals surface area contributed by atoms with Crippen molar-refractivity contribution in [1.29, 1.82) is 0 Å². The Kier molecular flexibility index (Phi) is 8.77. The lowest BCUT2D eigenvalue weighted by molar-refractivity contribution is -0.182. The number of halogens is 4. The fourth-order valence-electron chi connectivity index (χ4n) is 5.66. The van der Waals surface area contributed by atoms with Crippen LogP contribution in [-0.4, -0.2) is 77.0 Å². The van der Waals surface area contributed by atoms with E-state index >= 15 is 0 Å². The van der Waals surface area contributed by atoms with Crippen molar-refractivity contribution in [3.05, 3.63) is 29.8 Å². The molecule has 3 unspecified atom stereocenters. The van der Waals surface area contributed by atoms with Gasteiger partial charge in [0, 0.05) is 36.7 Å². The van der Waals surface area contributed by atoms with E-state index in [0.717, 1.165) is 6.20 Å². The zero-order valence-electron chi connectivity index (χ0n) is 22.1. The van der Waals surface area contributed by atoms with Gasteiger partial charge in [0.25, 0.3) is 5.91 Å². The zero-order valence-corrected chi connectivity index (χ0v) is 22.1. The van der Waals surface area contributed by atoms with Gasteiger partial charge in [0.15, 0.2) is 5.82 Å². The number of carbonyl (C=O) groups excluding carboxylic acids is 2. The van der Waals surface area contributed by atoms with Crippen LogP contribution < -0.4 is 10.1 Å². The van der Waals surface area contributed by atoms with Gasteiger partial charge >= 0.3 is 6.18 Å². The van der Waals surface area contributed by atoms with E-state index in [4.69, 9.17) is 9.47 Å². The molecular weight excluding hydrogens is 522 g/mol. The number of carbonyl (C=O) groups is 2. The molecule has 13 heteroatoms. The molecule has 9 nitrogen and oxygen atoms in total. The molecule has 0 radical (unpaired) electrons. The van der Waals surface area contributed by atoms with E-state index in [1.807, 2.05) is 6.92 Å². The maximum atomic E-state index is 14.4. The first-order valence-electron chi connectivity index (χ1n) is 13.0. The fourth-order valence-corrected chi connectivity index (χ4v) is 5.66. The summed E-state index contributed by atoms with van der Waals surface area (Å²) in [4.78, 5) is 32.1. The number of methoxy groups -OCH3 is 2. The third-order valence-electron chi connectivity index (χ3n) is 7.67. The van der Waals surface area contributed by atoms with E-state index in [-0.39, 0.29) is 79.0 Å². The number of ether oxygens (including phenoxy) is 2. The van der Waals surface area contributed by atoms with Gasteiger partial charge < -0.3 is 19.7 Å². The highest BCUT2D eigenvalue weighted by atomic mass is 19.4. The predicted molar refractivity (Wildman–Crippen MR) is 132 cm³/mol. The van der Waals surface area contributed by atoms with Gasteiger partial charge in [-0.05, 0) is 51.5 Å². The Balaban J connectivity index is 1.43.